The number of carbonyl (C=O) groups excluding carboxylic acids is 1. The second kappa shape index (κ2) is 8.21. The lowest BCUT2D eigenvalue weighted by molar-refractivity contribution is -0.388. The molecule has 0 amide bonds. The summed E-state index contributed by atoms with van der Waals surface area (Å²) < 4.78 is 72.8. The van der Waals surface area contributed by atoms with E-state index in [2.05, 4.69) is 4.18 Å². The van der Waals surface area contributed by atoms with E-state index in [0.29, 0.717) is 31.7 Å². The SMILES string of the molecule is O=C(OC1CCCCC1)C(OS(=O)(=O)c1ccccc1[N+](=O)[O-])C(F)(F)F. The Morgan fingerprint density at radius 2 is 1.78 bits per heavy atom. The van der Waals surface area contributed by atoms with Gasteiger partial charge >= 0.3 is 22.3 Å². The highest BCUT2D eigenvalue weighted by Gasteiger charge is 2.51. The Kier molecular flexibility index (Phi) is 6.42. The maximum atomic E-state index is 13.2. The second-order valence-electron chi connectivity index (χ2n) is 5.89. The molecular weight excluding hydrogens is 395 g/mol. The van der Waals surface area contributed by atoms with Crippen molar-refractivity contribution in [2.75, 3.05) is 0 Å². The van der Waals surface area contributed by atoms with Gasteiger partial charge in [-0.05, 0) is 31.7 Å². The van der Waals surface area contributed by atoms with Crippen molar-refractivity contribution in [2.45, 2.75) is 55.4 Å². The largest absolute Gasteiger partial charge is 0.460 e. The summed E-state index contributed by atoms with van der Waals surface area (Å²) in [7, 11) is -5.27. The number of ether oxygens (including phenoxy) is 1. The highest BCUT2D eigenvalue weighted by Crippen LogP contribution is 2.32. The number of nitro groups is 1. The van der Waals surface area contributed by atoms with Crippen LogP contribution in [0.4, 0.5) is 18.9 Å². The van der Waals surface area contributed by atoms with Gasteiger partial charge in [-0.2, -0.15) is 21.6 Å². The molecule has 0 heterocycles. The molecule has 0 spiro atoms. The highest BCUT2D eigenvalue weighted by atomic mass is 32.2. The van der Waals surface area contributed by atoms with Gasteiger partial charge in [-0.1, -0.05) is 18.6 Å². The molecule has 0 saturated heterocycles. The van der Waals surface area contributed by atoms with Crippen molar-refractivity contribution in [1.29, 1.82) is 0 Å². The number of esters is 1. The molecule has 1 saturated carbocycles. The number of hydrogen-bond acceptors (Lipinski definition) is 7. The quantitative estimate of drug-likeness (QED) is 0.306. The first-order chi connectivity index (χ1) is 12.5. The van der Waals surface area contributed by atoms with Crippen molar-refractivity contribution in [3.8, 4) is 0 Å². The average molecular weight is 411 g/mol. The minimum Gasteiger partial charge on any atom is -0.460 e. The number of carbonyl (C=O) groups is 1. The van der Waals surface area contributed by atoms with E-state index in [9.17, 15) is 36.5 Å². The number of nitro benzene ring substituents is 1. The predicted molar refractivity (Wildman–Crippen MR) is 84.2 cm³/mol. The molecule has 1 aromatic rings. The Bertz CT molecular complexity index is 804. The molecule has 1 aliphatic carbocycles. The maximum Gasteiger partial charge on any atom is 0.427 e. The van der Waals surface area contributed by atoms with Crippen LogP contribution in [0.5, 0.6) is 0 Å². The molecule has 0 N–H and O–H groups in total. The number of nitrogens with zero attached hydrogens (tertiary/aromatic N) is 1. The van der Waals surface area contributed by atoms with Crippen LogP contribution in [-0.2, 0) is 23.8 Å². The Labute approximate surface area is 152 Å². The lowest BCUT2D eigenvalue weighted by Gasteiger charge is -2.25. The molecule has 0 aromatic heterocycles. The van der Waals surface area contributed by atoms with Crippen LogP contribution in [0.25, 0.3) is 0 Å². The van der Waals surface area contributed by atoms with Gasteiger partial charge < -0.3 is 4.74 Å². The molecule has 2 rings (SSSR count). The van der Waals surface area contributed by atoms with Gasteiger partial charge in [0.25, 0.3) is 11.8 Å². The van der Waals surface area contributed by atoms with E-state index in [1.807, 2.05) is 0 Å². The normalized spacial score (nSPS) is 17.3. The summed E-state index contributed by atoms with van der Waals surface area (Å²) in [6, 6.07) is 3.72. The van der Waals surface area contributed by atoms with Crippen LogP contribution in [-0.4, -0.2) is 37.7 Å². The molecular formula is C15H16F3NO7S. The van der Waals surface area contributed by atoms with Crippen molar-refractivity contribution in [1.82, 2.24) is 0 Å². The third-order valence-electron chi connectivity index (χ3n) is 3.90. The summed E-state index contributed by atoms with van der Waals surface area (Å²) in [4.78, 5) is 20.7. The first-order valence-corrected chi connectivity index (χ1v) is 9.37. The van der Waals surface area contributed by atoms with E-state index in [-0.39, 0.29) is 0 Å². The molecule has 1 unspecified atom stereocenters. The number of rotatable bonds is 6. The smallest absolute Gasteiger partial charge is 0.427 e. The van der Waals surface area contributed by atoms with E-state index < -0.39 is 50.0 Å². The summed E-state index contributed by atoms with van der Waals surface area (Å²) in [5.41, 5.74) is -0.973. The molecule has 0 radical (unpaired) electrons. The third kappa shape index (κ3) is 5.39. The van der Waals surface area contributed by atoms with Crippen LogP contribution in [0.1, 0.15) is 32.1 Å². The van der Waals surface area contributed by atoms with Gasteiger partial charge in [0.05, 0.1) is 4.92 Å². The van der Waals surface area contributed by atoms with Gasteiger partial charge in [-0.25, -0.2) is 8.98 Å². The Morgan fingerprint density at radius 1 is 1.19 bits per heavy atom. The maximum absolute atomic E-state index is 13.2. The van der Waals surface area contributed by atoms with Crippen molar-refractivity contribution in [3.05, 3.63) is 34.4 Å². The summed E-state index contributed by atoms with van der Waals surface area (Å²) >= 11 is 0. The lowest BCUT2D eigenvalue weighted by Crippen LogP contribution is -2.43. The summed E-state index contributed by atoms with van der Waals surface area (Å²) in [5.74, 6) is -1.89. The number of alkyl halides is 3. The average Bonchev–Trinajstić information content (AvgIpc) is 2.59. The first kappa shape index (κ1) is 21.1. The van der Waals surface area contributed by atoms with Crippen molar-refractivity contribution < 1.29 is 40.2 Å². The fourth-order valence-electron chi connectivity index (χ4n) is 2.63. The van der Waals surface area contributed by atoms with Gasteiger partial charge in [0.1, 0.15) is 6.10 Å². The Hall–Kier alpha value is -2.21. The minimum absolute atomic E-state index is 0.368. The lowest BCUT2D eigenvalue weighted by atomic mass is 9.98. The minimum atomic E-state index is -5.39. The van der Waals surface area contributed by atoms with Gasteiger partial charge in [0, 0.05) is 6.07 Å². The summed E-state index contributed by atoms with van der Waals surface area (Å²) in [6.45, 7) is 0. The highest BCUT2D eigenvalue weighted by molar-refractivity contribution is 7.87. The molecule has 0 aliphatic heterocycles. The Balaban J connectivity index is 2.27. The van der Waals surface area contributed by atoms with Crippen LogP contribution >= 0.6 is 0 Å². The van der Waals surface area contributed by atoms with Gasteiger partial charge in [-0.3, -0.25) is 10.1 Å². The van der Waals surface area contributed by atoms with Gasteiger partial charge in [-0.15, -0.1) is 0 Å². The summed E-state index contributed by atoms with van der Waals surface area (Å²) in [5, 5.41) is 10.9. The fourth-order valence-corrected chi connectivity index (χ4v) is 3.82. The van der Waals surface area contributed by atoms with E-state index in [1.165, 1.54) is 0 Å². The van der Waals surface area contributed by atoms with E-state index in [1.54, 1.807) is 0 Å². The number of hydrogen-bond donors (Lipinski definition) is 0. The number of para-hydroxylation sites is 1. The van der Waals surface area contributed by atoms with E-state index >= 15 is 0 Å². The monoisotopic (exact) mass is 411 g/mol. The molecule has 1 aromatic carbocycles. The predicted octanol–water partition coefficient (Wildman–Crippen LogP) is 3.11. The van der Waals surface area contributed by atoms with Crippen LogP contribution < -0.4 is 0 Å². The van der Waals surface area contributed by atoms with Crippen LogP contribution in [0.3, 0.4) is 0 Å². The molecule has 1 fully saturated rings. The third-order valence-corrected chi connectivity index (χ3v) is 5.23. The Morgan fingerprint density at radius 3 is 2.33 bits per heavy atom. The van der Waals surface area contributed by atoms with Crippen molar-refractivity contribution in [3.63, 3.8) is 0 Å². The standard InChI is InChI=1S/C15H16F3NO7S/c16-15(17,18)13(14(20)25-10-6-2-1-3-7-10)26-27(23,24)12-9-5-4-8-11(12)19(21)22/h4-5,8-10,13H,1-3,6-7H2. The fraction of sp³-hybridized carbons (Fsp3) is 0.533. The molecule has 0 bridgehead atoms. The zero-order valence-corrected chi connectivity index (χ0v) is 14.7. The molecule has 27 heavy (non-hydrogen) atoms. The zero-order valence-electron chi connectivity index (χ0n) is 13.8. The van der Waals surface area contributed by atoms with Crippen LogP contribution in [0.2, 0.25) is 0 Å². The van der Waals surface area contributed by atoms with Crippen molar-refractivity contribution >= 4 is 21.8 Å². The molecule has 150 valence electrons. The summed E-state index contributed by atoms with van der Waals surface area (Å²) in [6.07, 6.45) is -6.62. The van der Waals surface area contributed by atoms with Crippen LogP contribution in [0, 0.1) is 10.1 Å². The molecule has 12 heteroatoms. The van der Waals surface area contributed by atoms with E-state index in [0.717, 1.165) is 24.6 Å². The van der Waals surface area contributed by atoms with Crippen LogP contribution in [0.15, 0.2) is 29.2 Å². The van der Waals surface area contributed by atoms with Gasteiger partial charge in [0.2, 0.25) is 0 Å². The molecule has 1 aliphatic rings. The topological polar surface area (TPSA) is 113 Å². The molecule has 8 nitrogen and oxygen atoms in total. The van der Waals surface area contributed by atoms with Crippen molar-refractivity contribution in [2.24, 2.45) is 0 Å². The zero-order chi connectivity index (χ0) is 20.2. The number of benzene rings is 1. The second-order valence-corrected chi connectivity index (χ2v) is 7.43. The first-order valence-electron chi connectivity index (χ1n) is 7.96. The van der Waals surface area contributed by atoms with E-state index in [4.69, 9.17) is 4.74 Å². The number of halogens is 3. The molecule has 1 atom stereocenters. The van der Waals surface area contributed by atoms with Gasteiger partial charge in [0.15, 0.2) is 4.90 Å².